The lowest BCUT2D eigenvalue weighted by molar-refractivity contribution is -0.150. The van der Waals surface area contributed by atoms with Crippen molar-refractivity contribution in [3.63, 3.8) is 0 Å². The maximum atomic E-state index is 12.7. The van der Waals surface area contributed by atoms with E-state index in [1.165, 1.54) is 148 Å². The molecule has 1 aromatic rings. The van der Waals surface area contributed by atoms with Crippen molar-refractivity contribution in [2.75, 3.05) is 43.9 Å². The number of nitrogens with one attached hydrogen (secondary N) is 2. The first-order valence-corrected chi connectivity index (χ1v) is 25.6. The van der Waals surface area contributed by atoms with E-state index in [-0.39, 0.29) is 18.2 Å². The minimum atomic E-state index is -0.423. The molecule has 0 aliphatic heterocycles. The first-order chi connectivity index (χ1) is 29.3. The summed E-state index contributed by atoms with van der Waals surface area (Å²) in [7, 11) is 1.68. The predicted octanol–water partition coefficient (Wildman–Crippen LogP) is 13.5. The zero-order valence-electron chi connectivity index (χ0n) is 40.3. The quantitative estimate of drug-likeness (QED) is 0.0287. The molecule has 2 N–H and O–H groups in total. The molecule has 0 aliphatic rings. The predicted molar refractivity (Wildman–Crippen MR) is 257 cm³/mol. The van der Waals surface area contributed by atoms with Gasteiger partial charge in [0.1, 0.15) is 23.6 Å². The highest BCUT2D eigenvalue weighted by molar-refractivity contribution is 5.73. The molecule has 9 nitrogen and oxygen atoms in total. The molecule has 0 saturated heterocycles. The maximum absolute atomic E-state index is 12.7. The minimum absolute atomic E-state index is 0.00719. The number of hydrogen-bond acceptors (Lipinski definition) is 9. The van der Waals surface area contributed by atoms with Crippen LogP contribution in [-0.4, -0.2) is 62.8 Å². The van der Waals surface area contributed by atoms with Crippen molar-refractivity contribution in [3.05, 3.63) is 20.4 Å². The van der Waals surface area contributed by atoms with E-state index in [1.807, 2.05) is 0 Å². The van der Waals surface area contributed by atoms with E-state index in [2.05, 4.69) is 50.2 Å². The number of hydrogen-bond donors (Lipinski definition) is 2. The summed E-state index contributed by atoms with van der Waals surface area (Å²) in [6.07, 6.45) is 39.7. The molecule has 0 aromatic heterocycles. The zero-order valence-corrected chi connectivity index (χ0v) is 40.3. The van der Waals surface area contributed by atoms with E-state index < -0.39 is 10.9 Å². The monoisotopic (exact) mass is 848 g/mol. The van der Waals surface area contributed by atoms with Gasteiger partial charge in [-0.15, -0.1) is 0 Å². The van der Waals surface area contributed by atoms with Gasteiger partial charge in [-0.3, -0.25) is 19.2 Å². The van der Waals surface area contributed by atoms with Gasteiger partial charge in [0.05, 0.1) is 0 Å². The van der Waals surface area contributed by atoms with Crippen molar-refractivity contribution < 1.29 is 19.1 Å². The molecule has 0 heterocycles. The Morgan fingerprint density at radius 2 is 0.933 bits per heavy atom. The molecular formula is C51H97N3O6. The Hall–Kier alpha value is -2.42. The average molecular weight is 848 g/mol. The molecule has 1 aromatic carbocycles. The number of carbonyl (C=O) groups is 2. The lowest BCUT2D eigenvalue weighted by atomic mass is 10.0. The molecule has 1 unspecified atom stereocenters. The molecule has 0 saturated carbocycles. The Bertz CT molecular complexity index is 1150. The van der Waals surface area contributed by atoms with Crippen molar-refractivity contribution in [2.24, 2.45) is 0 Å². The summed E-state index contributed by atoms with van der Waals surface area (Å²) >= 11 is 0. The van der Waals surface area contributed by atoms with Gasteiger partial charge in [0.2, 0.25) is 0 Å². The number of unbranched alkanes of at least 4 members (excludes halogenated alkanes) is 23. The first kappa shape index (κ1) is 57.6. The highest BCUT2D eigenvalue weighted by Crippen LogP contribution is 2.19. The molecule has 9 heteroatoms. The number of ether oxygens (including phenoxy) is 2. The van der Waals surface area contributed by atoms with Crippen molar-refractivity contribution >= 4 is 23.8 Å². The third-order valence-electron chi connectivity index (χ3n) is 12.0. The van der Waals surface area contributed by atoms with E-state index in [0.29, 0.717) is 30.8 Å². The molecule has 0 aliphatic carbocycles. The number of anilines is 2. The Kier molecular flexibility index (Phi) is 41.5. The highest BCUT2D eigenvalue weighted by Gasteiger charge is 2.19. The second-order valence-electron chi connectivity index (χ2n) is 17.4. The third kappa shape index (κ3) is 32.3. The van der Waals surface area contributed by atoms with Gasteiger partial charge in [-0.1, -0.05) is 176 Å². The molecule has 0 spiro atoms. The van der Waals surface area contributed by atoms with E-state index in [9.17, 15) is 19.2 Å². The molecular weight excluding hydrogens is 751 g/mol. The molecule has 0 amide bonds. The van der Waals surface area contributed by atoms with Crippen LogP contribution in [0.15, 0.2) is 9.59 Å². The van der Waals surface area contributed by atoms with Gasteiger partial charge in [0.15, 0.2) is 0 Å². The molecule has 60 heavy (non-hydrogen) atoms. The van der Waals surface area contributed by atoms with Gasteiger partial charge in [-0.2, -0.15) is 0 Å². The topological polar surface area (TPSA) is 114 Å². The Labute approximate surface area is 369 Å². The van der Waals surface area contributed by atoms with Crippen molar-refractivity contribution in [1.82, 2.24) is 4.90 Å². The van der Waals surface area contributed by atoms with Crippen molar-refractivity contribution in [3.8, 4) is 0 Å². The summed E-state index contributed by atoms with van der Waals surface area (Å²) in [5, 5.41) is 6.03. The normalized spacial score (nSPS) is 11.8. The third-order valence-corrected chi connectivity index (χ3v) is 12.0. The Balaban J connectivity index is 0.00000228. The summed E-state index contributed by atoms with van der Waals surface area (Å²) in [5.74, 6) is 0.00719. The fraction of sp³-hybridized carbons (Fsp3) is 0.882. The standard InChI is InChI=1S/C40H75N3O4.C11H22O2/c1-5-8-11-14-18-23-28-35(29-24-19-15-12-9-6-2)47-36(44)30-25-20-17-22-27-33-43(32-26-21-16-13-10-7-3)34-31-42-38-37(41-4)39(45)40(38)46;1-3-5-6-7-8-9-11(4-2)13-10-12/h35,41-42H,5-34H2,1-4H3;10-11H,3-9H2,1-2H3. The fourth-order valence-electron chi connectivity index (χ4n) is 7.96. The van der Waals surface area contributed by atoms with Crippen LogP contribution in [0.1, 0.15) is 247 Å². The van der Waals surface area contributed by atoms with E-state index >= 15 is 0 Å². The fourth-order valence-corrected chi connectivity index (χ4v) is 7.96. The summed E-state index contributed by atoms with van der Waals surface area (Å²) in [6, 6.07) is 0. The van der Waals surface area contributed by atoms with Crippen molar-refractivity contribution in [2.45, 2.75) is 259 Å². The molecule has 0 radical (unpaired) electrons. The molecule has 0 fully saturated rings. The lowest BCUT2D eigenvalue weighted by Gasteiger charge is -2.23. The number of carbonyl (C=O) groups excluding carboxylic acids is 2. The molecule has 0 bridgehead atoms. The van der Waals surface area contributed by atoms with Gasteiger partial charge in [-0.05, 0) is 77.3 Å². The van der Waals surface area contributed by atoms with Crippen LogP contribution in [0.5, 0.6) is 0 Å². The summed E-state index contributed by atoms with van der Waals surface area (Å²) in [5.41, 5.74) is 0.0133. The van der Waals surface area contributed by atoms with Gasteiger partial charge in [0, 0.05) is 26.6 Å². The summed E-state index contributed by atoms with van der Waals surface area (Å²) in [6.45, 7) is 15.2. The Morgan fingerprint density at radius 1 is 0.533 bits per heavy atom. The second-order valence-corrected chi connectivity index (χ2v) is 17.4. The highest BCUT2D eigenvalue weighted by atomic mass is 16.5. The molecule has 352 valence electrons. The van der Waals surface area contributed by atoms with Crippen LogP contribution in [0.3, 0.4) is 0 Å². The first-order valence-electron chi connectivity index (χ1n) is 25.6. The van der Waals surface area contributed by atoms with E-state index in [1.54, 1.807) is 7.05 Å². The number of esters is 1. The van der Waals surface area contributed by atoms with Gasteiger partial charge in [-0.25, -0.2) is 0 Å². The summed E-state index contributed by atoms with van der Waals surface area (Å²) in [4.78, 5) is 48.9. The smallest absolute Gasteiger partial charge is 0.306 e. The minimum Gasteiger partial charge on any atom is -0.465 e. The largest absolute Gasteiger partial charge is 0.465 e. The van der Waals surface area contributed by atoms with Crippen LogP contribution in [-0.2, 0) is 19.1 Å². The molecule has 1 rings (SSSR count). The van der Waals surface area contributed by atoms with Gasteiger partial charge in [0.25, 0.3) is 17.3 Å². The van der Waals surface area contributed by atoms with Gasteiger partial charge < -0.3 is 25.0 Å². The Morgan fingerprint density at radius 3 is 1.37 bits per heavy atom. The van der Waals surface area contributed by atoms with Gasteiger partial charge >= 0.3 is 5.97 Å². The zero-order chi connectivity index (χ0) is 44.3. The van der Waals surface area contributed by atoms with Crippen molar-refractivity contribution in [1.29, 1.82) is 0 Å². The number of nitrogens with zero attached hydrogens (tertiary/aromatic N) is 1. The SMILES string of the molecule is CCCCCCCC(CC)OC=O.CCCCCCCCC(CCCCCCCC)OC(=O)CCCCCCCN(CCCCCCCC)CCNc1c(NC)c(=O)c1=O. The maximum Gasteiger partial charge on any atom is 0.306 e. The van der Waals surface area contributed by atoms with Crippen LogP contribution < -0.4 is 21.5 Å². The second kappa shape index (κ2) is 43.2. The average Bonchev–Trinajstić information content (AvgIpc) is 3.25. The van der Waals surface area contributed by atoms with E-state index in [4.69, 9.17) is 9.47 Å². The number of rotatable bonds is 44. The van der Waals surface area contributed by atoms with Crippen LogP contribution in [0.2, 0.25) is 0 Å². The van der Waals surface area contributed by atoms with Crippen LogP contribution in [0, 0.1) is 0 Å². The van der Waals surface area contributed by atoms with Crippen LogP contribution in [0.4, 0.5) is 11.4 Å². The summed E-state index contributed by atoms with van der Waals surface area (Å²) < 4.78 is 10.9. The van der Waals surface area contributed by atoms with E-state index in [0.717, 1.165) is 77.4 Å². The lowest BCUT2D eigenvalue weighted by Crippen LogP contribution is -2.38. The molecule has 1 atom stereocenters. The van der Waals surface area contributed by atoms with Crippen LogP contribution in [0.25, 0.3) is 0 Å². The van der Waals surface area contributed by atoms with Crippen LogP contribution >= 0.6 is 0 Å².